The molecule has 2 N–H and O–H groups in total. The Morgan fingerprint density at radius 2 is 1.79 bits per heavy atom. The Morgan fingerprint density at radius 1 is 1.09 bits per heavy atom. The van der Waals surface area contributed by atoms with E-state index in [2.05, 4.69) is 6.07 Å². The van der Waals surface area contributed by atoms with Gasteiger partial charge in [-0.2, -0.15) is 5.26 Å². The number of anilines is 1. The van der Waals surface area contributed by atoms with Gasteiger partial charge in [-0.15, -0.1) is 0 Å². The number of aromatic nitrogens is 1. The SMILES string of the molecule is Cc1ccccc1CN1C(=O)C2(C(C#N)=C(N)Oc3cc(C)n(C)c(=O)c32)c2ccccc21. The number of amides is 1. The van der Waals surface area contributed by atoms with Crippen LogP contribution in [0.2, 0.25) is 0 Å². The highest BCUT2D eigenvalue weighted by atomic mass is 16.5. The molecule has 2 aliphatic heterocycles. The van der Waals surface area contributed by atoms with Gasteiger partial charge in [0.05, 0.1) is 12.1 Å². The molecule has 1 amide bonds. The molecule has 0 aliphatic carbocycles. The van der Waals surface area contributed by atoms with Gasteiger partial charge in [0.2, 0.25) is 11.8 Å². The number of fused-ring (bicyclic) bond motifs is 4. The second-order valence-electron chi connectivity index (χ2n) is 8.43. The Bertz CT molecular complexity index is 1480. The van der Waals surface area contributed by atoms with Crippen molar-refractivity contribution in [1.82, 2.24) is 4.57 Å². The number of para-hydroxylation sites is 1. The molecule has 5 rings (SSSR count). The normalized spacial score (nSPS) is 18.7. The summed E-state index contributed by atoms with van der Waals surface area (Å²) >= 11 is 0. The number of nitriles is 1. The van der Waals surface area contributed by atoms with Crippen LogP contribution in [0.15, 0.2) is 70.8 Å². The highest BCUT2D eigenvalue weighted by Crippen LogP contribution is 2.54. The zero-order valence-corrected chi connectivity index (χ0v) is 18.5. The van der Waals surface area contributed by atoms with Crippen molar-refractivity contribution < 1.29 is 9.53 Å². The molecule has 3 aromatic rings. The summed E-state index contributed by atoms with van der Waals surface area (Å²) in [6.07, 6.45) is 0. The fourth-order valence-electron chi connectivity index (χ4n) is 4.89. The Balaban J connectivity index is 1.86. The number of pyridine rings is 1. The second kappa shape index (κ2) is 7.10. The number of carbonyl (C=O) groups is 1. The summed E-state index contributed by atoms with van der Waals surface area (Å²) in [6.45, 7) is 4.05. The summed E-state index contributed by atoms with van der Waals surface area (Å²) in [5.41, 5.74) is 8.02. The van der Waals surface area contributed by atoms with Crippen molar-refractivity contribution >= 4 is 11.6 Å². The number of carbonyl (C=O) groups excluding carboxylic acids is 1. The van der Waals surface area contributed by atoms with Gasteiger partial charge in [-0.05, 0) is 31.0 Å². The van der Waals surface area contributed by atoms with Gasteiger partial charge in [-0.1, -0.05) is 42.5 Å². The predicted molar refractivity (Wildman–Crippen MR) is 123 cm³/mol. The Hall–Kier alpha value is -4.31. The maximum atomic E-state index is 14.4. The fraction of sp³-hybridized carbons (Fsp3) is 0.192. The largest absolute Gasteiger partial charge is 0.440 e. The first-order valence-corrected chi connectivity index (χ1v) is 10.6. The van der Waals surface area contributed by atoms with Crippen LogP contribution in [0.25, 0.3) is 0 Å². The average Bonchev–Trinajstić information content (AvgIpc) is 3.03. The molecule has 2 aliphatic rings. The van der Waals surface area contributed by atoms with E-state index in [9.17, 15) is 14.9 Å². The number of hydrogen-bond acceptors (Lipinski definition) is 5. The summed E-state index contributed by atoms with van der Waals surface area (Å²) in [7, 11) is 1.63. The summed E-state index contributed by atoms with van der Waals surface area (Å²) < 4.78 is 7.18. The topological polar surface area (TPSA) is 101 Å². The quantitative estimate of drug-likeness (QED) is 0.663. The third kappa shape index (κ3) is 2.61. The minimum atomic E-state index is -1.67. The number of benzene rings is 2. The van der Waals surface area contributed by atoms with E-state index in [0.717, 1.165) is 11.1 Å². The smallest absolute Gasteiger partial charge is 0.259 e. The van der Waals surface area contributed by atoms with Gasteiger partial charge in [0.1, 0.15) is 17.4 Å². The molecule has 164 valence electrons. The maximum Gasteiger partial charge on any atom is 0.259 e. The average molecular weight is 438 g/mol. The number of nitrogens with zero attached hydrogens (tertiary/aromatic N) is 3. The van der Waals surface area contributed by atoms with Crippen LogP contribution in [0.5, 0.6) is 5.75 Å². The van der Waals surface area contributed by atoms with Gasteiger partial charge < -0.3 is 19.9 Å². The van der Waals surface area contributed by atoms with Gasteiger partial charge in [-0.25, -0.2) is 0 Å². The minimum Gasteiger partial charge on any atom is -0.440 e. The van der Waals surface area contributed by atoms with Crippen LogP contribution in [0.1, 0.15) is 27.9 Å². The van der Waals surface area contributed by atoms with E-state index in [4.69, 9.17) is 10.5 Å². The highest BCUT2D eigenvalue weighted by molar-refractivity contribution is 6.14. The van der Waals surface area contributed by atoms with E-state index < -0.39 is 16.9 Å². The van der Waals surface area contributed by atoms with Crippen molar-refractivity contribution in [2.75, 3.05) is 4.90 Å². The molecule has 2 aromatic carbocycles. The van der Waals surface area contributed by atoms with Gasteiger partial charge in [0, 0.05) is 30.1 Å². The Labute approximate surface area is 190 Å². The lowest BCUT2D eigenvalue weighted by molar-refractivity contribution is -0.121. The standard InChI is InChI=1S/C26H22N4O3/c1-15-8-4-5-9-17(15)14-30-20-11-7-6-10-18(20)26(25(30)32)19(13-27)23(28)33-21-12-16(2)29(3)24(31)22(21)26/h4-12H,14,28H2,1-3H3. The predicted octanol–water partition coefficient (Wildman–Crippen LogP) is 2.92. The molecule has 0 saturated heterocycles. The molecule has 1 spiro atoms. The van der Waals surface area contributed by atoms with Crippen molar-refractivity contribution in [1.29, 1.82) is 5.26 Å². The van der Waals surface area contributed by atoms with E-state index in [1.165, 1.54) is 4.57 Å². The molecule has 1 unspecified atom stereocenters. The van der Waals surface area contributed by atoms with E-state index in [0.29, 0.717) is 23.5 Å². The lowest BCUT2D eigenvalue weighted by Crippen LogP contribution is -2.49. The molecule has 33 heavy (non-hydrogen) atoms. The molecule has 1 aromatic heterocycles. The van der Waals surface area contributed by atoms with Crippen molar-refractivity contribution in [3.63, 3.8) is 0 Å². The Morgan fingerprint density at radius 3 is 2.52 bits per heavy atom. The van der Waals surface area contributed by atoms with E-state index in [1.807, 2.05) is 43.3 Å². The molecule has 0 fully saturated rings. The van der Waals surface area contributed by atoms with E-state index >= 15 is 0 Å². The first-order chi connectivity index (χ1) is 15.8. The first-order valence-electron chi connectivity index (χ1n) is 10.6. The number of aryl methyl sites for hydroxylation is 2. The summed E-state index contributed by atoms with van der Waals surface area (Å²) in [4.78, 5) is 29.6. The zero-order chi connectivity index (χ0) is 23.5. The third-order valence-electron chi connectivity index (χ3n) is 6.72. The van der Waals surface area contributed by atoms with E-state index in [1.54, 1.807) is 37.1 Å². The van der Waals surface area contributed by atoms with Gasteiger partial charge >= 0.3 is 0 Å². The minimum absolute atomic E-state index is 0.0688. The van der Waals surface area contributed by atoms with Crippen molar-refractivity contribution in [3.05, 3.63) is 104 Å². The molecular formula is C26H22N4O3. The summed E-state index contributed by atoms with van der Waals surface area (Å²) in [5, 5.41) is 10.1. The number of ether oxygens (including phenoxy) is 1. The Kier molecular flexibility index (Phi) is 4.43. The molecule has 3 heterocycles. The molecule has 1 atom stereocenters. The first kappa shape index (κ1) is 20.6. The number of nitrogens with two attached hydrogens (primary N) is 1. The van der Waals surface area contributed by atoms with Crippen LogP contribution < -0.4 is 20.9 Å². The zero-order valence-electron chi connectivity index (χ0n) is 18.5. The number of hydrogen-bond donors (Lipinski definition) is 1. The van der Waals surface area contributed by atoms with Crippen molar-refractivity contribution in [2.45, 2.75) is 25.8 Å². The van der Waals surface area contributed by atoms with Crippen LogP contribution in [-0.2, 0) is 23.8 Å². The molecular weight excluding hydrogens is 416 g/mol. The van der Waals surface area contributed by atoms with Gasteiger partial charge in [-0.3, -0.25) is 9.59 Å². The summed E-state index contributed by atoms with van der Waals surface area (Å²) in [6, 6.07) is 18.8. The van der Waals surface area contributed by atoms with Crippen LogP contribution in [0, 0.1) is 25.2 Å². The lowest BCUT2D eigenvalue weighted by atomic mass is 9.69. The van der Waals surface area contributed by atoms with Crippen LogP contribution in [-0.4, -0.2) is 10.5 Å². The van der Waals surface area contributed by atoms with Crippen LogP contribution >= 0.6 is 0 Å². The van der Waals surface area contributed by atoms with Gasteiger partial charge in [0.15, 0.2) is 5.41 Å². The second-order valence-corrected chi connectivity index (χ2v) is 8.43. The van der Waals surface area contributed by atoms with E-state index in [-0.39, 0.29) is 22.8 Å². The van der Waals surface area contributed by atoms with Crippen molar-refractivity contribution in [3.8, 4) is 11.8 Å². The van der Waals surface area contributed by atoms with Crippen LogP contribution in [0.4, 0.5) is 5.69 Å². The molecule has 7 nitrogen and oxygen atoms in total. The molecule has 7 heteroatoms. The maximum absolute atomic E-state index is 14.4. The van der Waals surface area contributed by atoms with Crippen molar-refractivity contribution in [2.24, 2.45) is 12.8 Å². The monoisotopic (exact) mass is 438 g/mol. The fourth-order valence-corrected chi connectivity index (χ4v) is 4.89. The number of rotatable bonds is 2. The highest BCUT2D eigenvalue weighted by Gasteiger charge is 2.60. The lowest BCUT2D eigenvalue weighted by Gasteiger charge is -2.34. The van der Waals surface area contributed by atoms with Crippen LogP contribution in [0.3, 0.4) is 0 Å². The van der Waals surface area contributed by atoms with Gasteiger partial charge in [0.25, 0.3) is 5.56 Å². The molecule has 0 bridgehead atoms. The molecule has 0 radical (unpaired) electrons. The summed E-state index contributed by atoms with van der Waals surface area (Å²) in [5.74, 6) is -0.358. The molecule has 0 saturated carbocycles. The third-order valence-corrected chi connectivity index (χ3v) is 6.72.